The summed E-state index contributed by atoms with van der Waals surface area (Å²) in [4.78, 5) is 8.89. The summed E-state index contributed by atoms with van der Waals surface area (Å²) in [6.07, 6.45) is 0. The van der Waals surface area contributed by atoms with Crippen molar-refractivity contribution in [2.75, 3.05) is 0 Å². The molecule has 9 heteroatoms. The zero-order valence-corrected chi connectivity index (χ0v) is 9.73. The molecule has 0 aliphatic rings. The average Bonchev–Trinajstić information content (AvgIpc) is 1.19. The van der Waals surface area contributed by atoms with Gasteiger partial charge in [-0.3, -0.25) is 8.42 Å². The Morgan fingerprint density at radius 1 is 1.27 bits per heavy atom. The zero-order chi connectivity index (χ0) is 8.08. The molecule has 0 aromatic carbocycles. The van der Waals surface area contributed by atoms with Gasteiger partial charge in [0, 0.05) is 16.4 Å². The molecule has 1 radical (unpaired) electrons. The predicted octanol–water partition coefficient (Wildman–Crippen LogP) is -5.58. The van der Waals surface area contributed by atoms with Crippen molar-refractivity contribution >= 4 is 16.4 Å². The molecule has 61 valence electrons. The summed E-state index contributed by atoms with van der Waals surface area (Å²) in [6, 6.07) is 0. The van der Waals surface area contributed by atoms with Gasteiger partial charge in [-0.05, 0) is 6.92 Å². The molecule has 0 aliphatic heterocycles. The topological polar surface area (TPSA) is 120 Å². The van der Waals surface area contributed by atoms with Crippen LogP contribution in [0.15, 0.2) is 0 Å². The average molecular weight is 233 g/mol. The van der Waals surface area contributed by atoms with Crippen LogP contribution in [-0.2, 0) is 32.3 Å². The standard InChI is InChI=1S/C2H4O2.Mn.Na.H2O4S/c1-2(3)4;;;1-5(2,3)4/h1H3,(H,3,4);;;(H2,1,2,3,4)/q;+2;+1;/p-3. The Morgan fingerprint density at radius 2 is 1.27 bits per heavy atom. The van der Waals surface area contributed by atoms with E-state index in [0.717, 1.165) is 6.92 Å². The van der Waals surface area contributed by atoms with Gasteiger partial charge >= 0.3 is 46.6 Å². The van der Waals surface area contributed by atoms with Gasteiger partial charge in [-0.25, -0.2) is 0 Å². The minimum absolute atomic E-state index is 0. The molecule has 0 aliphatic carbocycles. The number of aliphatic carboxylic acids is 1. The number of carboxylic acids is 1. The molecule has 0 spiro atoms. The third-order valence-corrected chi connectivity index (χ3v) is 0. The second kappa shape index (κ2) is 10.9. The monoisotopic (exact) mass is 233 g/mol. The van der Waals surface area contributed by atoms with Crippen LogP contribution in [-0.4, -0.2) is 23.5 Å². The molecule has 11 heavy (non-hydrogen) atoms. The number of rotatable bonds is 0. The summed E-state index contributed by atoms with van der Waals surface area (Å²) in [5.74, 6) is -1.08. The van der Waals surface area contributed by atoms with Gasteiger partial charge in [0.25, 0.3) is 0 Å². The fraction of sp³-hybridized carbons (Fsp3) is 0.500. The van der Waals surface area contributed by atoms with E-state index < -0.39 is 16.4 Å². The minimum Gasteiger partial charge on any atom is -0.759 e. The molecular weight excluding hydrogens is 230 g/mol. The molecule has 0 bridgehead atoms. The first-order valence-electron chi connectivity index (χ1n) is 1.57. The van der Waals surface area contributed by atoms with Crippen LogP contribution in [0.3, 0.4) is 0 Å². The Morgan fingerprint density at radius 3 is 1.27 bits per heavy atom. The maximum absolute atomic E-state index is 8.89. The molecule has 0 heterocycles. The first-order valence-corrected chi connectivity index (χ1v) is 2.91. The van der Waals surface area contributed by atoms with Gasteiger partial charge in [0.05, 0.1) is 0 Å². The Balaban J connectivity index is -0.0000000383. The molecule has 0 rings (SSSR count). The van der Waals surface area contributed by atoms with Gasteiger partial charge in [-0.15, -0.1) is 0 Å². The van der Waals surface area contributed by atoms with E-state index in [1.165, 1.54) is 0 Å². The van der Waals surface area contributed by atoms with Gasteiger partial charge < -0.3 is 19.0 Å². The molecule has 0 unspecified atom stereocenters. The quantitative estimate of drug-likeness (QED) is 0.233. The predicted molar refractivity (Wildman–Crippen MR) is 21.2 cm³/mol. The SMILES string of the molecule is CC(=O)[O-].O=S(=O)([O-])[O-].[Mn+2].[Na+]. The van der Waals surface area contributed by atoms with Gasteiger partial charge in [-0.1, -0.05) is 0 Å². The molecule has 0 amide bonds. The van der Waals surface area contributed by atoms with Crippen molar-refractivity contribution < 1.29 is 74.1 Å². The van der Waals surface area contributed by atoms with E-state index in [1.807, 2.05) is 0 Å². The number of carboxylic acid groups (broad SMARTS) is 1. The Hall–Kier alpha value is 0.859. The third kappa shape index (κ3) is 1150. The first-order chi connectivity index (χ1) is 3.73. The molecular formula is C2H3MnNaO6S. The Kier molecular flexibility index (Phi) is 22.4. The van der Waals surface area contributed by atoms with Gasteiger partial charge in [0.15, 0.2) is 0 Å². The van der Waals surface area contributed by atoms with E-state index in [1.54, 1.807) is 0 Å². The fourth-order valence-corrected chi connectivity index (χ4v) is 0. The molecule has 0 aromatic heterocycles. The number of carbonyl (C=O) groups is 1. The third-order valence-electron chi connectivity index (χ3n) is 0. The molecule has 0 N–H and O–H groups in total. The van der Waals surface area contributed by atoms with Crippen molar-refractivity contribution in [3.05, 3.63) is 0 Å². The summed E-state index contributed by atoms with van der Waals surface area (Å²) in [5, 5.41) is 8.89. The van der Waals surface area contributed by atoms with E-state index in [4.69, 9.17) is 27.4 Å². The van der Waals surface area contributed by atoms with E-state index in [0.29, 0.717) is 0 Å². The second-order valence-corrected chi connectivity index (χ2v) is 1.72. The largest absolute Gasteiger partial charge is 2.00 e. The van der Waals surface area contributed by atoms with Crippen molar-refractivity contribution in [1.82, 2.24) is 0 Å². The van der Waals surface area contributed by atoms with E-state index >= 15 is 0 Å². The number of hydrogen-bond acceptors (Lipinski definition) is 6. The molecule has 0 atom stereocenters. The van der Waals surface area contributed by atoms with Gasteiger partial charge in [0.2, 0.25) is 0 Å². The zero-order valence-electron chi connectivity index (χ0n) is 5.74. The summed E-state index contributed by atoms with van der Waals surface area (Å²) >= 11 is 0. The van der Waals surface area contributed by atoms with Crippen molar-refractivity contribution in [1.29, 1.82) is 0 Å². The summed E-state index contributed by atoms with van der Waals surface area (Å²) < 4.78 is 34.1. The van der Waals surface area contributed by atoms with E-state index in [-0.39, 0.29) is 46.6 Å². The minimum atomic E-state index is -5.17. The molecule has 0 fully saturated rings. The maximum Gasteiger partial charge on any atom is 2.00 e. The van der Waals surface area contributed by atoms with Gasteiger partial charge in [-0.2, -0.15) is 0 Å². The normalized spacial score (nSPS) is 7.55. The van der Waals surface area contributed by atoms with Crippen LogP contribution in [0, 0.1) is 0 Å². The van der Waals surface area contributed by atoms with Crippen molar-refractivity contribution in [2.45, 2.75) is 6.92 Å². The van der Waals surface area contributed by atoms with Crippen molar-refractivity contribution in [3.8, 4) is 0 Å². The van der Waals surface area contributed by atoms with Crippen LogP contribution < -0.4 is 34.7 Å². The van der Waals surface area contributed by atoms with Crippen LogP contribution in [0.2, 0.25) is 0 Å². The van der Waals surface area contributed by atoms with E-state index in [2.05, 4.69) is 0 Å². The smallest absolute Gasteiger partial charge is 0.759 e. The summed E-state index contributed by atoms with van der Waals surface area (Å²) in [5.41, 5.74) is 0. The van der Waals surface area contributed by atoms with Gasteiger partial charge in [0.1, 0.15) is 0 Å². The van der Waals surface area contributed by atoms with Crippen LogP contribution in [0.5, 0.6) is 0 Å². The Labute approximate surface area is 96.7 Å². The molecule has 0 aromatic rings. The summed E-state index contributed by atoms with van der Waals surface area (Å²) in [7, 11) is -5.17. The Bertz CT molecular complexity index is 163. The maximum atomic E-state index is 8.89. The first kappa shape index (κ1) is 22.6. The van der Waals surface area contributed by atoms with Crippen LogP contribution in [0.1, 0.15) is 6.92 Å². The number of hydrogen-bond donors (Lipinski definition) is 0. The summed E-state index contributed by atoms with van der Waals surface area (Å²) in [6.45, 7) is 0.972. The molecule has 0 saturated carbocycles. The second-order valence-electron chi connectivity index (χ2n) is 0.900. The molecule has 0 saturated heterocycles. The molecule has 6 nitrogen and oxygen atoms in total. The number of carbonyl (C=O) groups excluding carboxylic acids is 1. The fourth-order valence-electron chi connectivity index (χ4n) is 0. The van der Waals surface area contributed by atoms with Crippen molar-refractivity contribution in [3.63, 3.8) is 0 Å². The van der Waals surface area contributed by atoms with E-state index in [9.17, 15) is 0 Å². The van der Waals surface area contributed by atoms with Crippen molar-refractivity contribution in [2.24, 2.45) is 0 Å². The van der Waals surface area contributed by atoms with Crippen LogP contribution in [0.25, 0.3) is 0 Å². The van der Waals surface area contributed by atoms with Crippen LogP contribution in [0.4, 0.5) is 0 Å². The van der Waals surface area contributed by atoms with Crippen LogP contribution >= 0.6 is 0 Å².